The second kappa shape index (κ2) is 36.6. The number of halogens is 6. The van der Waals surface area contributed by atoms with Crippen LogP contribution < -0.4 is 37.9 Å². The van der Waals surface area contributed by atoms with Crippen LogP contribution in [0.3, 0.4) is 0 Å². The van der Waals surface area contributed by atoms with Gasteiger partial charge in [-0.05, 0) is 158 Å². The van der Waals surface area contributed by atoms with Gasteiger partial charge in [-0.25, -0.2) is 17.6 Å². The van der Waals surface area contributed by atoms with Gasteiger partial charge in [0.25, 0.3) is 0 Å². The van der Waals surface area contributed by atoms with Gasteiger partial charge in [-0.3, -0.25) is 0 Å². The van der Waals surface area contributed by atoms with E-state index in [1.165, 1.54) is 93.9 Å². The minimum absolute atomic E-state index is 0.0940. The summed E-state index contributed by atoms with van der Waals surface area (Å²) in [6, 6.07) is 17.9. The monoisotopic (exact) mass is 1340 g/mol. The first kappa shape index (κ1) is 66.8. The van der Waals surface area contributed by atoms with Gasteiger partial charge < -0.3 is 57.0 Å². The van der Waals surface area contributed by atoms with Crippen molar-refractivity contribution in [2.75, 3.05) is 66.4 Å². The van der Waals surface area contributed by atoms with Gasteiger partial charge in [0, 0.05) is 90.0 Å². The summed E-state index contributed by atoms with van der Waals surface area (Å²) < 4.78 is 116. The van der Waals surface area contributed by atoms with E-state index in [1.54, 1.807) is 24.3 Å². The van der Waals surface area contributed by atoms with Crippen LogP contribution in [0.25, 0.3) is 44.5 Å². The number of benzene rings is 4. The van der Waals surface area contributed by atoms with E-state index >= 15 is 0 Å². The molecule has 0 spiro atoms. The fraction of sp³-hybridized carbons (Fsp3) is 0.300. The maximum absolute atomic E-state index is 14.2. The van der Waals surface area contributed by atoms with E-state index in [1.807, 2.05) is 73.6 Å². The number of hydrogen-bond donors (Lipinski definition) is 0. The van der Waals surface area contributed by atoms with Gasteiger partial charge in [0.05, 0.1) is 39.6 Å². The highest BCUT2D eigenvalue weighted by Gasteiger charge is 2.21. The third kappa shape index (κ3) is 19.6. The third-order valence-corrected chi connectivity index (χ3v) is 16.1. The zero-order chi connectivity index (χ0) is 59.2. The van der Waals surface area contributed by atoms with Crippen molar-refractivity contribution < 1.29 is 74.5 Å². The topological polar surface area (TPSA) is 126 Å². The van der Waals surface area contributed by atoms with Crippen LogP contribution in [0.1, 0.15) is 53.4 Å². The Labute approximate surface area is 508 Å². The zero-order valence-corrected chi connectivity index (χ0v) is 51.9. The molecule has 0 radical (unpaired) electrons. The molecule has 0 saturated carbocycles. The van der Waals surface area contributed by atoms with Crippen LogP contribution in [0.2, 0.25) is 0 Å². The van der Waals surface area contributed by atoms with Crippen molar-refractivity contribution in [3.05, 3.63) is 136 Å². The molecule has 4 aromatic heterocycles. The lowest BCUT2D eigenvalue weighted by Crippen LogP contribution is -2.05. The van der Waals surface area contributed by atoms with Crippen LogP contribution in [0.5, 0.6) is 46.0 Å². The van der Waals surface area contributed by atoms with Gasteiger partial charge in [-0.15, -0.1) is 45.3 Å². The molecular weight excluding hydrogens is 1280 g/mol. The highest BCUT2D eigenvalue weighted by atomic mass is 79.9. The van der Waals surface area contributed by atoms with Gasteiger partial charge in [-0.1, -0.05) is 0 Å². The van der Waals surface area contributed by atoms with Crippen molar-refractivity contribution in [2.45, 2.75) is 53.4 Å². The van der Waals surface area contributed by atoms with Crippen molar-refractivity contribution in [2.24, 2.45) is 0 Å². The Morgan fingerprint density at radius 1 is 0.366 bits per heavy atom. The average Bonchev–Trinajstić information content (AvgIpc) is 4.50. The summed E-state index contributed by atoms with van der Waals surface area (Å²) in [6.07, 6.45) is 2.83. The average molecular weight is 1340 g/mol. The molecule has 8 aromatic rings. The first-order valence-corrected chi connectivity index (χ1v) is 30.9. The molecule has 0 atom stereocenters. The number of carbonyl (C=O) groups excluding carboxylic acids is 2. The van der Waals surface area contributed by atoms with Gasteiger partial charge >= 0.3 is 0 Å². The largest absolute Gasteiger partial charge is 0.493 e. The van der Waals surface area contributed by atoms with Gasteiger partial charge in [0.1, 0.15) is 78.9 Å². The standard InChI is InChI=1S/C29H28Br2F2O5S2.C29H30F2O5S2.2CH2O/c1-3-34-17-38-27-23(16-40-29(27)31)21-14-19(33)8-10-25(21)37-12-6-5-11-36-24-9-7-18(32)13-20(24)22-15-39-28(30)26(22)35-4-2;1-3-32-19-36-29-18-38-16-25(29)23-14-21(31)8-10-27(23)35-12-6-5-11-34-26-9-7-20(30)13-22(26)24-15-37-17-28(24)33-4-2;2*1-2/h7-10,13-16H,3-6,11-12,17H2,1-2H3;7-10,13-18H,3-6,11-12,19H2,1-2H3;2*1H2. The lowest BCUT2D eigenvalue weighted by molar-refractivity contribution is -0.0987. The molecule has 0 bridgehead atoms. The van der Waals surface area contributed by atoms with E-state index in [0.717, 1.165) is 36.2 Å². The molecule has 8 rings (SSSR count). The first-order chi connectivity index (χ1) is 40.0. The number of hydrogen-bond acceptors (Lipinski definition) is 16. The minimum Gasteiger partial charge on any atom is -0.493 e. The quantitative estimate of drug-likeness (QED) is 0.0242. The summed E-state index contributed by atoms with van der Waals surface area (Å²) in [5.74, 6) is 3.52. The minimum atomic E-state index is -0.367. The molecule has 4 aromatic carbocycles. The SMILES string of the molecule is C=O.C=O.CCOCOc1c(-c2cc(F)ccc2OCCCCOc2ccc(F)cc2-c2csc(Br)c2OCC)csc1Br.CCOCOc1cscc1-c1cc(F)ccc1OCCCCOc1ccc(F)cc1-c1cscc1OCC. The lowest BCUT2D eigenvalue weighted by Gasteiger charge is -2.14. The molecule has 0 amide bonds. The molecular formula is C60H62Br2F4O12S4. The molecule has 0 aliphatic rings. The highest BCUT2D eigenvalue weighted by molar-refractivity contribution is 9.11. The van der Waals surface area contributed by atoms with E-state index in [9.17, 15) is 17.6 Å². The fourth-order valence-corrected chi connectivity index (χ4v) is 11.8. The summed E-state index contributed by atoms with van der Waals surface area (Å²) >= 11 is 12.9. The molecule has 0 aliphatic carbocycles. The predicted octanol–water partition coefficient (Wildman–Crippen LogP) is 18.0. The van der Waals surface area contributed by atoms with Crippen LogP contribution in [0, 0.1) is 23.3 Å². The number of ether oxygens (including phenoxy) is 10. The summed E-state index contributed by atoms with van der Waals surface area (Å²) in [6.45, 7) is 15.6. The van der Waals surface area contributed by atoms with E-state index in [4.69, 9.17) is 57.0 Å². The van der Waals surface area contributed by atoms with Crippen molar-refractivity contribution >= 4 is 90.8 Å². The van der Waals surface area contributed by atoms with Gasteiger partial charge in [0.2, 0.25) is 0 Å². The van der Waals surface area contributed by atoms with Crippen LogP contribution >= 0.6 is 77.2 Å². The number of thiophene rings is 4. The van der Waals surface area contributed by atoms with E-state index in [2.05, 4.69) is 31.9 Å². The van der Waals surface area contributed by atoms with Crippen LogP contribution in [0.15, 0.2) is 113 Å². The Balaban J connectivity index is 0.000000284. The van der Waals surface area contributed by atoms with Crippen molar-refractivity contribution in [1.29, 1.82) is 0 Å². The number of carbonyl (C=O) groups is 2. The molecule has 0 saturated heterocycles. The molecule has 22 heteroatoms. The Morgan fingerprint density at radius 2 is 0.695 bits per heavy atom. The summed E-state index contributed by atoms with van der Waals surface area (Å²) in [5, 5.41) is 11.4. The maximum atomic E-state index is 14.2. The van der Waals surface area contributed by atoms with E-state index in [0.29, 0.717) is 140 Å². The molecule has 4 heterocycles. The van der Waals surface area contributed by atoms with Crippen molar-refractivity contribution in [3.8, 4) is 90.5 Å². The summed E-state index contributed by atoms with van der Waals surface area (Å²) in [7, 11) is 0. The second-order valence-corrected chi connectivity index (χ2v) is 22.4. The molecule has 0 unspecified atom stereocenters. The van der Waals surface area contributed by atoms with Crippen LogP contribution in [0.4, 0.5) is 17.6 Å². The van der Waals surface area contributed by atoms with E-state index < -0.39 is 0 Å². The fourth-order valence-electron chi connectivity index (χ4n) is 7.64. The summed E-state index contributed by atoms with van der Waals surface area (Å²) in [5.41, 5.74) is 5.63. The zero-order valence-electron chi connectivity index (χ0n) is 45.5. The van der Waals surface area contributed by atoms with Gasteiger partial charge in [0.15, 0.2) is 25.1 Å². The molecule has 0 N–H and O–H groups in total. The lowest BCUT2D eigenvalue weighted by atomic mass is 10.1. The second-order valence-electron chi connectivity index (χ2n) is 16.5. The van der Waals surface area contributed by atoms with E-state index in [-0.39, 0.29) is 36.9 Å². The van der Waals surface area contributed by atoms with Crippen molar-refractivity contribution in [1.82, 2.24) is 0 Å². The number of unbranched alkanes of at least 4 members (excludes halogenated alkanes) is 2. The summed E-state index contributed by atoms with van der Waals surface area (Å²) in [4.78, 5) is 16.0. The molecule has 0 aliphatic heterocycles. The maximum Gasteiger partial charge on any atom is 0.189 e. The predicted molar refractivity (Wildman–Crippen MR) is 326 cm³/mol. The Bertz CT molecular complexity index is 3170. The molecule has 12 nitrogen and oxygen atoms in total. The molecule has 0 fully saturated rings. The smallest absolute Gasteiger partial charge is 0.189 e. The van der Waals surface area contributed by atoms with Crippen LogP contribution in [-0.4, -0.2) is 80.0 Å². The Morgan fingerprint density at radius 3 is 1.05 bits per heavy atom. The normalized spacial score (nSPS) is 10.6. The number of rotatable bonds is 30. The van der Waals surface area contributed by atoms with Gasteiger partial charge in [-0.2, -0.15) is 0 Å². The molecule has 440 valence electrons. The Hall–Kier alpha value is -5.98. The van der Waals surface area contributed by atoms with Crippen LogP contribution in [-0.2, 0) is 19.1 Å². The Kier molecular flexibility index (Phi) is 29.8. The third-order valence-electron chi connectivity index (χ3n) is 11.3. The molecule has 82 heavy (non-hydrogen) atoms. The highest BCUT2D eigenvalue weighted by Crippen LogP contribution is 2.47. The van der Waals surface area contributed by atoms with Crippen molar-refractivity contribution in [3.63, 3.8) is 0 Å². The first-order valence-electron chi connectivity index (χ1n) is 25.6.